The third-order valence-electron chi connectivity index (χ3n) is 11.7. The number of ether oxygens (including phenoxy) is 3. The summed E-state index contributed by atoms with van der Waals surface area (Å²) in [6.45, 7) is 4.53. The minimum Gasteiger partial charge on any atom is -0.465 e. The highest BCUT2D eigenvalue weighted by Crippen LogP contribution is 2.43. The Hall–Kier alpha value is -7.15. The molecular formula is C52H50N6O6. The third kappa shape index (κ3) is 8.75. The summed E-state index contributed by atoms with van der Waals surface area (Å²) < 4.78 is 20.9. The number of tetrazole rings is 1. The van der Waals surface area contributed by atoms with Crippen LogP contribution in [-0.2, 0) is 37.9 Å². The van der Waals surface area contributed by atoms with Crippen LogP contribution in [0.4, 0.5) is 4.79 Å². The van der Waals surface area contributed by atoms with Crippen LogP contribution in [0.3, 0.4) is 0 Å². The summed E-state index contributed by atoms with van der Waals surface area (Å²) in [5.74, 6) is 0.626. The number of carbonyl (C=O) groups excluding carboxylic acids is 1. The number of hydrogen-bond donors (Lipinski definition) is 0. The van der Waals surface area contributed by atoms with Crippen LogP contribution >= 0.6 is 0 Å². The Labute approximate surface area is 372 Å². The molecule has 64 heavy (non-hydrogen) atoms. The molecule has 9 rings (SSSR count). The van der Waals surface area contributed by atoms with E-state index in [1.807, 2.05) is 64.7 Å². The van der Waals surface area contributed by atoms with Gasteiger partial charge in [0.05, 0.1) is 24.2 Å². The van der Waals surface area contributed by atoms with Crippen LogP contribution < -0.4 is 4.74 Å². The number of fused-ring (bicyclic) bond motifs is 1. The summed E-state index contributed by atoms with van der Waals surface area (Å²) in [4.78, 5) is 28.3. The van der Waals surface area contributed by atoms with Gasteiger partial charge in [-0.1, -0.05) is 158 Å². The fourth-order valence-electron chi connectivity index (χ4n) is 8.82. The molecule has 1 fully saturated rings. The van der Waals surface area contributed by atoms with E-state index in [1.165, 1.54) is 0 Å². The van der Waals surface area contributed by atoms with Gasteiger partial charge >= 0.3 is 6.16 Å². The molecule has 2 heterocycles. The van der Waals surface area contributed by atoms with Crippen LogP contribution in [0.15, 0.2) is 158 Å². The molecule has 8 aromatic rings. The van der Waals surface area contributed by atoms with E-state index in [2.05, 4.69) is 114 Å². The van der Waals surface area contributed by atoms with E-state index in [1.54, 1.807) is 6.92 Å². The van der Waals surface area contributed by atoms with Gasteiger partial charge in [0, 0.05) is 18.1 Å². The average molecular weight is 855 g/mol. The smallest absolute Gasteiger partial charge is 0.465 e. The van der Waals surface area contributed by atoms with E-state index in [9.17, 15) is 4.79 Å². The highest BCUT2D eigenvalue weighted by molar-refractivity contribution is 5.82. The van der Waals surface area contributed by atoms with Crippen LogP contribution in [0, 0.1) is 0 Å². The first-order valence-corrected chi connectivity index (χ1v) is 21.9. The zero-order chi connectivity index (χ0) is 43.7. The molecule has 324 valence electrons. The second-order valence-corrected chi connectivity index (χ2v) is 15.8. The molecule has 1 aliphatic carbocycles. The maximum absolute atomic E-state index is 12.4. The molecule has 1 aliphatic rings. The zero-order valence-electron chi connectivity index (χ0n) is 36.0. The van der Waals surface area contributed by atoms with Crippen molar-refractivity contribution in [1.29, 1.82) is 0 Å². The van der Waals surface area contributed by atoms with E-state index in [-0.39, 0.29) is 12.7 Å². The first kappa shape index (κ1) is 42.2. The lowest BCUT2D eigenvalue weighted by Gasteiger charge is -2.36. The van der Waals surface area contributed by atoms with Gasteiger partial charge in [-0.2, -0.15) is 9.87 Å². The minimum atomic E-state index is -0.963. The van der Waals surface area contributed by atoms with E-state index in [0.717, 1.165) is 87.6 Å². The fourth-order valence-corrected chi connectivity index (χ4v) is 8.82. The minimum absolute atomic E-state index is 0.0786. The molecule has 2 aromatic heterocycles. The van der Waals surface area contributed by atoms with Crippen LogP contribution in [0.5, 0.6) is 6.01 Å². The molecular weight excluding hydrogens is 805 g/mol. The Morgan fingerprint density at radius 2 is 1.36 bits per heavy atom. The summed E-state index contributed by atoms with van der Waals surface area (Å²) in [7, 11) is 0. The molecule has 0 spiro atoms. The molecule has 12 nitrogen and oxygen atoms in total. The lowest BCUT2D eigenvalue weighted by Crippen LogP contribution is -2.39. The SMILES string of the molecule is CCOc1nc2cccc(COOC(C)OC(=O)OC3CCCCC3)c2n1Cc1ccc(-c2ccccc2-c2nnnn2C(c2ccccc2)(c2ccccc2)c2ccccc2)cc1. The van der Waals surface area contributed by atoms with Crippen molar-refractivity contribution in [2.45, 2.75) is 77.0 Å². The van der Waals surface area contributed by atoms with Crippen molar-refractivity contribution in [2.24, 2.45) is 0 Å². The second-order valence-electron chi connectivity index (χ2n) is 15.8. The Kier molecular flexibility index (Phi) is 12.8. The van der Waals surface area contributed by atoms with E-state index >= 15 is 0 Å². The summed E-state index contributed by atoms with van der Waals surface area (Å²) in [6, 6.07) is 54.2. The lowest BCUT2D eigenvalue weighted by atomic mass is 9.77. The van der Waals surface area contributed by atoms with Crippen LogP contribution in [0.2, 0.25) is 0 Å². The number of imidazole rings is 1. The van der Waals surface area contributed by atoms with Crippen molar-refractivity contribution in [3.05, 3.63) is 186 Å². The number of nitrogens with zero attached hydrogens (tertiary/aromatic N) is 6. The third-order valence-corrected chi connectivity index (χ3v) is 11.7. The van der Waals surface area contributed by atoms with E-state index in [0.29, 0.717) is 25.0 Å². The van der Waals surface area contributed by atoms with Crippen LogP contribution in [-0.4, -0.2) is 54.9 Å². The highest BCUT2D eigenvalue weighted by Gasteiger charge is 2.42. The Balaban J connectivity index is 0.997. The Bertz CT molecular complexity index is 2670. The van der Waals surface area contributed by atoms with Gasteiger partial charge in [0.25, 0.3) is 6.01 Å². The normalized spacial score (nSPS) is 13.7. The molecule has 1 unspecified atom stereocenters. The molecule has 0 amide bonds. The van der Waals surface area contributed by atoms with Gasteiger partial charge in [0.15, 0.2) is 5.82 Å². The van der Waals surface area contributed by atoms with Crippen molar-refractivity contribution in [1.82, 2.24) is 29.8 Å². The maximum Gasteiger partial charge on any atom is 0.510 e. The quantitative estimate of drug-likeness (QED) is 0.0305. The van der Waals surface area contributed by atoms with Crippen molar-refractivity contribution in [3.8, 4) is 28.5 Å². The van der Waals surface area contributed by atoms with E-state index in [4.69, 9.17) is 39.3 Å². The first-order valence-electron chi connectivity index (χ1n) is 21.9. The van der Waals surface area contributed by atoms with Gasteiger partial charge in [0.2, 0.25) is 6.29 Å². The number of rotatable bonds is 16. The van der Waals surface area contributed by atoms with Crippen molar-refractivity contribution in [2.75, 3.05) is 6.61 Å². The number of hydrogen-bond acceptors (Lipinski definition) is 10. The molecule has 0 radical (unpaired) electrons. The van der Waals surface area contributed by atoms with Gasteiger partial charge in [-0.15, -0.1) is 5.10 Å². The van der Waals surface area contributed by atoms with Gasteiger partial charge in [-0.3, -0.25) is 4.57 Å². The Morgan fingerprint density at radius 1 is 0.734 bits per heavy atom. The topological polar surface area (TPSA) is 125 Å². The van der Waals surface area contributed by atoms with Crippen molar-refractivity contribution < 1.29 is 28.8 Å². The van der Waals surface area contributed by atoms with Crippen LogP contribution in [0.25, 0.3) is 33.5 Å². The molecule has 1 saturated carbocycles. The molecule has 6 aromatic carbocycles. The average Bonchev–Trinajstić information content (AvgIpc) is 3.96. The number of aromatic nitrogens is 6. The summed E-state index contributed by atoms with van der Waals surface area (Å²) >= 11 is 0. The lowest BCUT2D eigenvalue weighted by molar-refractivity contribution is -0.371. The van der Waals surface area contributed by atoms with Gasteiger partial charge in [-0.25, -0.2) is 14.4 Å². The summed E-state index contributed by atoms with van der Waals surface area (Å²) in [6.07, 6.45) is 3.13. The predicted molar refractivity (Wildman–Crippen MR) is 243 cm³/mol. The van der Waals surface area contributed by atoms with Crippen LogP contribution in [0.1, 0.15) is 73.8 Å². The maximum atomic E-state index is 12.4. The molecule has 12 heteroatoms. The summed E-state index contributed by atoms with van der Waals surface area (Å²) in [5.41, 5.74) is 8.53. The van der Waals surface area contributed by atoms with E-state index < -0.39 is 18.0 Å². The zero-order valence-corrected chi connectivity index (χ0v) is 36.0. The molecule has 0 N–H and O–H groups in total. The van der Waals surface area contributed by atoms with Gasteiger partial charge in [0.1, 0.15) is 18.2 Å². The number of benzene rings is 6. The van der Waals surface area contributed by atoms with Gasteiger partial charge < -0.3 is 14.2 Å². The van der Waals surface area contributed by atoms with Crippen molar-refractivity contribution in [3.63, 3.8) is 0 Å². The van der Waals surface area contributed by atoms with Gasteiger partial charge in [-0.05, 0) is 82.5 Å². The second kappa shape index (κ2) is 19.5. The monoisotopic (exact) mass is 854 g/mol. The summed E-state index contributed by atoms with van der Waals surface area (Å²) in [5, 5.41) is 13.9. The number of para-hydroxylation sites is 1. The molecule has 1 atom stereocenters. The highest BCUT2D eigenvalue weighted by atomic mass is 17.2. The number of carbonyl (C=O) groups is 1. The molecule has 0 aliphatic heterocycles. The van der Waals surface area contributed by atoms with Crippen molar-refractivity contribution >= 4 is 17.2 Å². The first-order chi connectivity index (χ1) is 31.5. The predicted octanol–water partition coefficient (Wildman–Crippen LogP) is 10.9. The standard InChI is InChI=1S/C52H50N6O6/c1-3-60-50-53-47-30-18-19-40(36-61-64-37(2)62-51(59)63-44-26-14-7-15-27-44)48(47)57(50)35-38-31-33-39(34-32-38)45-28-16-17-29-46(45)49-54-55-56-58(49)52(41-20-8-4-9-21-41,42-22-10-5-11-23-42)43-24-12-6-13-25-43/h4-6,8-13,16-25,28-34,37,44H,3,7,14-15,26-27,35-36H2,1-2H3. The fraction of sp³-hybridized carbons (Fsp3) is 0.250. The largest absolute Gasteiger partial charge is 0.510 e. The molecule has 0 saturated heterocycles. The Morgan fingerprint density at radius 3 is 2.00 bits per heavy atom. The molecule has 0 bridgehead atoms.